The van der Waals surface area contributed by atoms with Gasteiger partial charge in [-0.1, -0.05) is 42.1 Å². The molecule has 1 atom stereocenters. The molecule has 0 N–H and O–H groups in total. The molecule has 0 bridgehead atoms. The lowest BCUT2D eigenvalue weighted by Gasteiger charge is -2.21. The molecular formula is C14H15NO. The van der Waals surface area contributed by atoms with Crippen LogP contribution in [0.2, 0.25) is 0 Å². The first kappa shape index (κ1) is 9.64. The number of oxime groups is 1. The highest BCUT2D eigenvalue weighted by Gasteiger charge is 2.44. The maximum Gasteiger partial charge on any atom is 0.164 e. The monoisotopic (exact) mass is 213 g/mol. The van der Waals surface area contributed by atoms with Crippen molar-refractivity contribution in [1.82, 2.24) is 0 Å². The molecule has 1 aliphatic carbocycles. The zero-order valence-electron chi connectivity index (χ0n) is 9.28. The zero-order chi connectivity index (χ0) is 11.0. The van der Waals surface area contributed by atoms with E-state index in [9.17, 15) is 0 Å². The van der Waals surface area contributed by atoms with Gasteiger partial charge in [0.05, 0.1) is 5.71 Å². The molecule has 82 valence electrons. The summed E-state index contributed by atoms with van der Waals surface area (Å²) in [4.78, 5) is 5.67. The molecule has 0 aromatic heterocycles. The average molecular weight is 213 g/mol. The Bertz CT molecular complexity index is 449. The summed E-state index contributed by atoms with van der Waals surface area (Å²) in [6.07, 6.45) is 4.20. The van der Waals surface area contributed by atoms with Crippen LogP contribution < -0.4 is 0 Å². The van der Waals surface area contributed by atoms with E-state index in [0.29, 0.717) is 0 Å². The normalized spacial score (nSPS) is 28.2. The first-order chi connectivity index (χ1) is 7.80. The number of benzene rings is 1. The van der Waals surface area contributed by atoms with Crippen LogP contribution in [0.1, 0.15) is 31.2 Å². The Labute approximate surface area is 95.6 Å². The van der Waals surface area contributed by atoms with Crippen molar-refractivity contribution in [3.63, 3.8) is 0 Å². The summed E-state index contributed by atoms with van der Waals surface area (Å²) >= 11 is 0. The molecule has 2 heteroatoms. The number of hydrogen-bond acceptors (Lipinski definition) is 2. The Morgan fingerprint density at radius 2 is 2.06 bits per heavy atom. The van der Waals surface area contributed by atoms with Gasteiger partial charge in [-0.15, -0.1) is 0 Å². The van der Waals surface area contributed by atoms with Gasteiger partial charge in [0, 0.05) is 6.42 Å². The Hall–Kier alpha value is -1.57. The third kappa shape index (κ3) is 1.37. The second kappa shape index (κ2) is 3.48. The van der Waals surface area contributed by atoms with Gasteiger partial charge in [-0.25, -0.2) is 0 Å². The molecule has 2 aliphatic rings. The first-order valence-electron chi connectivity index (χ1n) is 5.79. The molecule has 0 amide bonds. The van der Waals surface area contributed by atoms with Crippen LogP contribution in [-0.4, -0.2) is 11.3 Å². The predicted octanol–water partition coefficient (Wildman–Crippen LogP) is 3.29. The van der Waals surface area contributed by atoms with Crippen molar-refractivity contribution >= 4 is 5.71 Å². The van der Waals surface area contributed by atoms with Crippen molar-refractivity contribution in [2.45, 2.75) is 31.3 Å². The van der Waals surface area contributed by atoms with Gasteiger partial charge in [0.15, 0.2) is 5.60 Å². The van der Waals surface area contributed by atoms with E-state index in [1.165, 1.54) is 17.6 Å². The molecule has 2 nitrogen and oxygen atoms in total. The van der Waals surface area contributed by atoms with Crippen molar-refractivity contribution in [3.05, 3.63) is 48.0 Å². The molecule has 1 fully saturated rings. The molecule has 16 heavy (non-hydrogen) atoms. The van der Waals surface area contributed by atoms with E-state index in [0.717, 1.165) is 25.0 Å². The molecule has 1 aromatic rings. The summed E-state index contributed by atoms with van der Waals surface area (Å²) in [7, 11) is 0. The standard InChI is InChI=1S/C14H15NO/c1-11-6-5-9-14(11)10-13(15-16-14)12-7-3-2-4-8-12/h2-4,7-8H,1,5-6,9-10H2. The Balaban J connectivity index is 1.85. The lowest BCUT2D eigenvalue weighted by molar-refractivity contribution is 0.0169. The third-order valence-corrected chi connectivity index (χ3v) is 3.59. The van der Waals surface area contributed by atoms with Gasteiger partial charge in [-0.05, 0) is 30.4 Å². The molecule has 3 rings (SSSR count). The van der Waals surface area contributed by atoms with Gasteiger partial charge in [-0.2, -0.15) is 0 Å². The quantitative estimate of drug-likeness (QED) is 0.656. The van der Waals surface area contributed by atoms with E-state index in [1.807, 2.05) is 18.2 Å². The maximum atomic E-state index is 5.67. The van der Waals surface area contributed by atoms with Gasteiger partial charge in [0.25, 0.3) is 0 Å². The van der Waals surface area contributed by atoms with E-state index >= 15 is 0 Å². The van der Waals surface area contributed by atoms with Crippen molar-refractivity contribution in [2.24, 2.45) is 5.16 Å². The lowest BCUT2D eigenvalue weighted by Crippen LogP contribution is -2.26. The molecule has 1 heterocycles. The molecule has 1 unspecified atom stereocenters. The van der Waals surface area contributed by atoms with Crippen molar-refractivity contribution in [2.75, 3.05) is 0 Å². The van der Waals surface area contributed by atoms with E-state index < -0.39 is 0 Å². The highest BCUT2D eigenvalue weighted by Crippen LogP contribution is 2.43. The van der Waals surface area contributed by atoms with Crippen molar-refractivity contribution in [1.29, 1.82) is 0 Å². The summed E-state index contributed by atoms with van der Waals surface area (Å²) < 4.78 is 0. The minimum atomic E-state index is -0.175. The minimum Gasteiger partial charge on any atom is -0.384 e. The van der Waals surface area contributed by atoms with Crippen LogP contribution in [0.3, 0.4) is 0 Å². The van der Waals surface area contributed by atoms with Crippen LogP contribution in [0.15, 0.2) is 47.6 Å². The first-order valence-corrected chi connectivity index (χ1v) is 5.79. The topological polar surface area (TPSA) is 21.6 Å². The summed E-state index contributed by atoms with van der Waals surface area (Å²) in [5.74, 6) is 0. The van der Waals surface area contributed by atoms with Gasteiger partial charge < -0.3 is 4.84 Å². The van der Waals surface area contributed by atoms with Crippen molar-refractivity contribution in [3.8, 4) is 0 Å². The molecular weight excluding hydrogens is 198 g/mol. The summed E-state index contributed by atoms with van der Waals surface area (Å²) in [6, 6.07) is 10.3. The predicted molar refractivity (Wildman–Crippen MR) is 64.4 cm³/mol. The fourth-order valence-corrected chi connectivity index (χ4v) is 2.58. The summed E-state index contributed by atoms with van der Waals surface area (Å²) in [5, 5.41) is 4.25. The van der Waals surface area contributed by atoms with E-state index in [-0.39, 0.29) is 5.60 Å². The molecule has 1 aromatic carbocycles. The minimum absolute atomic E-state index is 0.175. The average Bonchev–Trinajstić information content (AvgIpc) is 2.90. The Morgan fingerprint density at radius 3 is 2.75 bits per heavy atom. The maximum absolute atomic E-state index is 5.67. The molecule has 0 saturated heterocycles. The molecule has 1 spiro atoms. The van der Waals surface area contributed by atoms with Crippen LogP contribution in [0.5, 0.6) is 0 Å². The van der Waals surface area contributed by atoms with E-state index in [2.05, 4.69) is 23.9 Å². The summed E-state index contributed by atoms with van der Waals surface area (Å²) in [6.45, 7) is 4.12. The SMILES string of the molecule is C=C1CCCC12CC(c1ccccc1)=NO2. The van der Waals surface area contributed by atoms with E-state index in [4.69, 9.17) is 4.84 Å². The number of nitrogens with zero attached hydrogens (tertiary/aromatic N) is 1. The fourth-order valence-electron chi connectivity index (χ4n) is 2.58. The van der Waals surface area contributed by atoms with Crippen LogP contribution in [-0.2, 0) is 4.84 Å². The van der Waals surface area contributed by atoms with Gasteiger partial charge in [0.2, 0.25) is 0 Å². The molecule has 1 saturated carbocycles. The smallest absolute Gasteiger partial charge is 0.164 e. The molecule has 0 radical (unpaired) electrons. The fraction of sp³-hybridized carbons (Fsp3) is 0.357. The van der Waals surface area contributed by atoms with E-state index in [1.54, 1.807) is 0 Å². The van der Waals surface area contributed by atoms with Crippen LogP contribution in [0, 0.1) is 0 Å². The second-order valence-electron chi connectivity index (χ2n) is 4.62. The number of hydrogen-bond donors (Lipinski definition) is 0. The van der Waals surface area contributed by atoms with Gasteiger partial charge in [-0.3, -0.25) is 0 Å². The number of rotatable bonds is 1. The Kier molecular flexibility index (Phi) is 2.10. The lowest BCUT2D eigenvalue weighted by atomic mass is 9.90. The molecule has 1 aliphatic heterocycles. The zero-order valence-corrected chi connectivity index (χ0v) is 9.28. The van der Waals surface area contributed by atoms with Crippen LogP contribution in [0.4, 0.5) is 0 Å². The highest BCUT2D eigenvalue weighted by atomic mass is 16.7. The van der Waals surface area contributed by atoms with Crippen molar-refractivity contribution < 1.29 is 4.84 Å². The van der Waals surface area contributed by atoms with Gasteiger partial charge in [0.1, 0.15) is 0 Å². The largest absolute Gasteiger partial charge is 0.384 e. The highest BCUT2D eigenvalue weighted by molar-refractivity contribution is 6.02. The van der Waals surface area contributed by atoms with Gasteiger partial charge >= 0.3 is 0 Å². The summed E-state index contributed by atoms with van der Waals surface area (Å²) in [5.41, 5.74) is 3.26. The second-order valence-corrected chi connectivity index (χ2v) is 4.62. The third-order valence-electron chi connectivity index (χ3n) is 3.59. The van der Waals surface area contributed by atoms with Crippen LogP contribution in [0.25, 0.3) is 0 Å². The Morgan fingerprint density at radius 1 is 1.25 bits per heavy atom. The van der Waals surface area contributed by atoms with Crippen LogP contribution >= 0.6 is 0 Å².